The van der Waals surface area contributed by atoms with E-state index in [-0.39, 0.29) is 18.0 Å². The minimum absolute atomic E-state index is 0.00806. The van der Waals surface area contributed by atoms with Crippen LogP contribution in [0.1, 0.15) is 25.5 Å². The third-order valence-electron chi connectivity index (χ3n) is 1.80. The van der Waals surface area contributed by atoms with Gasteiger partial charge in [0.05, 0.1) is 12.2 Å². The molecule has 0 radical (unpaired) electrons. The van der Waals surface area contributed by atoms with Crippen molar-refractivity contribution in [2.45, 2.75) is 26.1 Å². The number of alkyl halides is 1. The first-order valence-corrected chi connectivity index (χ1v) is 6.13. The lowest BCUT2D eigenvalue weighted by Crippen LogP contribution is -2.11. The molecule has 0 aromatic heterocycles. The van der Waals surface area contributed by atoms with Gasteiger partial charge in [-0.2, -0.15) is 0 Å². The highest BCUT2D eigenvalue weighted by atomic mass is 127. The molecule has 1 atom stereocenters. The molecule has 1 aromatic rings. The normalized spacial score (nSPS) is 13.2. The summed E-state index contributed by atoms with van der Waals surface area (Å²) < 4.78 is 19.4. The van der Waals surface area contributed by atoms with Crippen LogP contribution in [0, 0.1) is 5.82 Å². The molecule has 0 aliphatic carbocycles. The number of ether oxygens (including phenoxy) is 1. The van der Waals surface area contributed by atoms with Crippen LogP contribution in [0.4, 0.5) is 4.39 Å². The molecule has 0 amide bonds. The Kier molecular flexibility index (Phi) is 4.81. The van der Waals surface area contributed by atoms with Gasteiger partial charge in [-0.1, -0.05) is 34.7 Å². The van der Waals surface area contributed by atoms with E-state index in [2.05, 4.69) is 22.6 Å². The summed E-state index contributed by atoms with van der Waals surface area (Å²) in [6, 6.07) is 6.59. The van der Waals surface area contributed by atoms with Gasteiger partial charge in [-0.15, -0.1) is 0 Å². The largest absolute Gasteiger partial charge is 0.370 e. The molecular weight excluding hydrogens is 294 g/mol. The maximum Gasteiger partial charge on any atom is 0.123 e. The highest BCUT2D eigenvalue weighted by molar-refractivity contribution is 14.1. The van der Waals surface area contributed by atoms with Crippen LogP contribution < -0.4 is 0 Å². The minimum atomic E-state index is -0.204. The summed E-state index contributed by atoms with van der Waals surface area (Å²) in [4.78, 5) is 0. The van der Waals surface area contributed by atoms with Gasteiger partial charge in [-0.05, 0) is 31.5 Å². The summed E-state index contributed by atoms with van der Waals surface area (Å²) >= 11 is 2.25. The monoisotopic (exact) mass is 308 g/mol. The molecule has 0 aliphatic heterocycles. The fraction of sp³-hybridized carbons (Fsp3) is 0.455. The van der Waals surface area contributed by atoms with E-state index in [1.165, 1.54) is 12.1 Å². The molecule has 0 N–H and O–H groups in total. The predicted octanol–water partition coefficient (Wildman–Crippen LogP) is 3.73. The summed E-state index contributed by atoms with van der Waals surface area (Å²) in [7, 11) is 0. The quantitative estimate of drug-likeness (QED) is 0.608. The summed E-state index contributed by atoms with van der Waals surface area (Å²) in [5.41, 5.74) is 0.910. The Morgan fingerprint density at radius 2 is 2.14 bits per heavy atom. The van der Waals surface area contributed by atoms with Crippen LogP contribution in [-0.2, 0) is 4.74 Å². The van der Waals surface area contributed by atoms with Crippen molar-refractivity contribution < 1.29 is 9.13 Å². The van der Waals surface area contributed by atoms with E-state index in [0.29, 0.717) is 0 Å². The fourth-order valence-corrected chi connectivity index (χ4v) is 1.96. The summed E-state index contributed by atoms with van der Waals surface area (Å²) in [6.07, 6.45) is 0.157. The van der Waals surface area contributed by atoms with Gasteiger partial charge in [0, 0.05) is 4.43 Å². The molecule has 78 valence electrons. The zero-order chi connectivity index (χ0) is 10.6. The lowest BCUT2D eigenvalue weighted by Gasteiger charge is -2.18. The van der Waals surface area contributed by atoms with E-state index in [1.54, 1.807) is 6.07 Å². The molecular formula is C11H14FIO. The maximum atomic E-state index is 12.9. The van der Waals surface area contributed by atoms with Crippen molar-refractivity contribution >= 4 is 22.6 Å². The van der Waals surface area contributed by atoms with Crippen LogP contribution in [0.3, 0.4) is 0 Å². The second-order valence-corrected chi connectivity index (χ2v) is 4.26. The lowest BCUT2D eigenvalue weighted by molar-refractivity contribution is 0.0222. The predicted molar refractivity (Wildman–Crippen MR) is 64.2 cm³/mol. The molecule has 0 aliphatic rings. The first-order chi connectivity index (χ1) is 6.63. The van der Waals surface area contributed by atoms with Crippen molar-refractivity contribution in [1.29, 1.82) is 0 Å². The van der Waals surface area contributed by atoms with Gasteiger partial charge < -0.3 is 4.74 Å². The van der Waals surface area contributed by atoms with Crippen molar-refractivity contribution in [3.63, 3.8) is 0 Å². The average Bonchev–Trinajstić information content (AvgIpc) is 2.14. The Hall–Kier alpha value is -0.160. The molecule has 0 bridgehead atoms. The van der Waals surface area contributed by atoms with Crippen molar-refractivity contribution in [3.8, 4) is 0 Å². The number of hydrogen-bond donors (Lipinski definition) is 0. The summed E-state index contributed by atoms with van der Waals surface area (Å²) in [5.74, 6) is -0.204. The molecule has 0 fully saturated rings. The Bertz CT molecular complexity index is 288. The molecule has 1 unspecified atom stereocenters. The summed E-state index contributed by atoms with van der Waals surface area (Å²) in [5, 5.41) is 0. The van der Waals surface area contributed by atoms with Gasteiger partial charge in [-0.25, -0.2) is 4.39 Å². The van der Waals surface area contributed by atoms with Gasteiger partial charge in [0.1, 0.15) is 5.82 Å². The lowest BCUT2D eigenvalue weighted by atomic mass is 10.1. The van der Waals surface area contributed by atoms with Crippen molar-refractivity contribution in [1.82, 2.24) is 0 Å². The van der Waals surface area contributed by atoms with Crippen molar-refractivity contribution in [2.24, 2.45) is 0 Å². The SMILES string of the molecule is CC(C)OC(CI)c1cccc(F)c1. The molecule has 1 rings (SSSR count). The topological polar surface area (TPSA) is 9.23 Å². The Morgan fingerprint density at radius 1 is 1.43 bits per heavy atom. The highest BCUT2D eigenvalue weighted by Gasteiger charge is 2.12. The van der Waals surface area contributed by atoms with Crippen LogP contribution >= 0.6 is 22.6 Å². The van der Waals surface area contributed by atoms with Crippen LogP contribution in [0.25, 0.3) is 0 Å². The molecule has 14 heavy (non-hydrogen) atoms. The molecule has 1 aromatic carbocycles. The van der Waals surface area contributed by atoms with Crippen LogP contribution in [0.15, 0.2) is 24.3 Å². The number of rotatable bonds is 4. The number of halogens is 2. The second kappa shape index (κ2) is 5.66. The van der Waals surface area contributed by atoms with Gasteiger partial charge in [-0.3, -0.25) is 0 Å². The first kappa shape index (κ1) is 11.9. The molecule has 0 saturated heterocycles. The minimum Gasteiger partial charge on any atom is -0.370 e. The molecule has 0 heterocycles. The molecule has 0 spiro atoms. The summed E-state index contributed by atoms with van der Waals surface area (Å²) in [6.45, 7) is 3.97. The molecule has 1 nitrogen and oxygen atoms in total. The van der Waals surface area contributed by atoms with Crippen LogP contribution in [-0.4, -0.2) is 10.5 Å². The van der Waals surface area contributed by atoms with Gasteiger partial charge in [0.2, 0.25) is 0 Å². The Balaban J connectivity index is 2.78. The Morgan fingerprint density at radius 3 is 2.64 bits per heavy atom. The van der Waals surface area contributed by atoms with E-state index < -0.39 is 0 Å². The molecule has 0 saturated carbocycles. The van der Waals surface area contributed by atoms with E-state index in [1.807, 2.05) is 19.9 Å². The van der Waals surface area contributed by atoms with E-state index in [9.17, 15) is 4.39 Å². The van der Waals surface area contributed by atoms with E-state index in [4.69, 9.17) is 4.74 Å². The van der Waals surface area contributed by atoms with E-state index in [0.717, 1.165) is 9.99 Å². The third kappa shape index (κ3) is 3.53. The van der Waals surface area contributed by atoms with Crippen molar-refractivity contribution in [3.05, 3.63) is 35.6 Å². The standard InChI is InChI=1S/C11H14FIO/c1-8(2)14-11(7-13)9-4-3-5-10(12)6-9/h3-6,8,11H,7H2,1-2H3. The number of benzene rings is 1. The first-order valence-electron chi connectivity index (χ1n) is 4.60. The van der Waals surface area contributed by atoms with E-state index >= 15 is 0 Å². The van der Waals surface area contributed by atoms with Gasteiger partial charge >= 0.3 is 0 Å². The second-order valence-electron chi connectivity index (χ2n) is 3.38. The molecule has 3 heteroatoms. The van der Waals surface area contributed by atoms with Gasteiger partial charge in [0.15, 0.2) is 0 Å². The average molecular weight is 308 g/mol. The maximum absolute atomic E-state index is 12.9. The zero-order valence-corrected chi connectivity index (χ0v) is 10.5. The Labute approximate surface area is 97.8 Å². The van der Waals surface area contributed by atoms with Crippen LogP contribution in [0.2, 0.25) is 0 Å². The fourth-order valence-electron chi connectivity index (χ4n) is 1.24. The third-order valence-corrected chi connectivity index (χ3v) is 2.60. The smallest absolute Gasteiger partial charge is 0.123 e. The van der Waals surface area contributed by atoms with Gasteiger partial charge in [0.25, 0.3) is 0 Å². The number of hydrogen-bond acceptors (Lipinski definition) is 1. The highest BCUT2D eigenvalue weighted by Crippen LogP contribution is 2.22. The zero-order valence-electron chi connectivity index (χ0n) is 8.34. The van der Waals surface area contributed by atoms with Crippen LogP contribution in [0.5, 0.6) is 0 Å². The van der Waals surface area contributed by atoms with Crippen molar-refractivity contribution in [2.75, 3.05) is 4.43 Å².